The van der Waals surface area contributed by atoms with Crippen molar-refractivity contribution in [1.29, 1.82) is 0 Å². The maximum absolute atomic E-state index is 12.3. The van der Waals surface area contributed by atoms with Gasteiger partial charge >= 0.3 is 6.18 Å². The Bertz CT molecular complexity index is 474. The summed E-state index contributed by atoms with van der Waals surface area (Å²) in [6.45, 7) is 7.69. The van der Waals surface area contributed by atoms with Crippen molar-refractivity contribution in [2.45, 2.75) is 45.8 Å². The highest BCUT2D eigenvalue weighted by Gasteiger charge is 2.29. The first kappa shape index (κ1) is 26.2. The maximum Gasteiger partial charge on any atom is 0.401 e. The van der Waals surface area contributed by atoms with E-state index in [1.807, 2.05) is 25.7 Å². The van der Waals surface area contributed by atoms with Gasteiger partial charge in [-0.1, -0.05) is 13.8 Å². The van der Waals surface area contributed by atoms with E-state index in [-0.39, 0.29) is 41.8 Å². The van der Waals surface area contributed by atoms with Gasteiger partial charge in [-0.3, -0.25) is 14.7 Å². The van der Waals surface area contributed by atoms with Crippen LogP contribution in [-0.4, -0.2) is 80.2 Å². The van der Waals surface area contributed by atoms with E-state index in [9.17, 15) is 18.0 Å². The predicted molar refractivity (Wildman–Crippen MR) is 113 cm³/mol. The summed E-state index contributed by atoms with van der Waals surface area (Å²) in [6.07, 6.45) is -2.76. The SMILES string of the molecule is CCNC(=NCCCN(C)CC(F)(F)F)NC1CCN(C(=O)C(C)C)C1.I. The fourth-order valence-corrected chi connectivity index (χ4v) is 2.87. The highest BCUT2D eigenvalue weighted by molar-refractivity contribution is 14.0. The van der Waals surface area contributed by atoms with Crippen LogP contribution in [0.5, 0.6) is 0 Å². The van der Waals surface area contributed by atoms with Crippen LogP contribution < -0.4 is 10.6 Å². The van der Waals surface area contributed by atoms with E-state index in [0.29, 0.717) is 38.6 Å². The largest absolute Gasteiger partial charge is 0.401 e. The molecule has 1 saturated heterocycles. The number of hydrogen-bond acceptors (Lipinski definition) is 3. The van der Waals surface area contributed by atoms with Gasteiger partial charge in [-0.2, -0.15) is 13.2 Å². The van der Waals surface area contributed by atoms with Crippen molar-refractivity contribution in [2.24, 2.45) is 10.9 Å². The first-order valence-electron chi connectivity index (χ1n) is 9.21. The van der Waals surface area contributed by atoms with Gasteiger partial charge in [0.25, 0.3) is 0 Å². The number of likely N-dealkylation sites (tertiary alicyclic amines) is 1. The van der Waals surface area contributed by atoms with Crippen LogP contribution in [0.4, 0.5) is 13.2 Å². The minimum Gasteiger partial charge on any atom is -0.357 e. The molecule has 1 atom stereocenters. The quantitative estimate of drug-likeness (QED) is 0.229. The van der Waals surface area contributed by atoms with E-state index in [0.717, 1.165) is 13.0 Å². The third kappa shape index (κ3) is 11.0. The number of amides is 1. The first-order chi connectivity index (χ1) is 12.1. The van der Waals surface area contributed by atoms with E-state index in [1.165, 1.54) is 11.9 Å². The molecule has 0 saturated carbocycles. The van der Waals surface area contributed by atoms with Crippen LogP contribution in [0.25, 0.3) is 0 Å². The Morgan fingerprint density at radius 3 is 2.59 bits per heavy atom. The van der Waals surface area contributed by atoms with Crippen molar-refractivity contribution in [3.8, 4) is 0 Å². The zero-order chi connectivity index (χ0) is 19.7. The van der Waals surface area contributed by atoms with Gasteiger partial charge in [-0.05, 0) is 33.4 Å². The number of halogens is 4. The Labute approximate surface area is 177 Å². The van der Waals surface area contributed by atoms with Crippen molar-refractivity contribution >= 4 is 35.8 Å². The Hall–Kier alpha value is -0.780. The number of carbonyl (C=O) groups excluding carboxylic acids is 1. The van der Waals surface area contributed by atoms with Crippen LogP contribution in [0, 0.1) is 5.92 Å². The predicted octanol–water partition coefficient (Wildman–Crippen LogP) is 2.30. The highest BCUT2D eigenvalue weighted by Crippen LogP contribution is 2.15. The van der Waals surface area contributed by atoms with Crippen LogP contribution >= 0.6 is 24.0 Å². The number of aliphatic imine (C=N–C) groups is 1. The van der Waals surface area contributed by atoms with Gasteiger partial charge < -0.3 is 15.5 Å². The van der Waals surface area contributed by atoms with Crippen molar-refractivity contribution in [3.63, 3.8) is 0 Å². The number of alkyl halides is 3. The van der Waals surface area contributed by atoms with Gasteiger partial charge in [0, 0.05) is 38.1 Å². The molecule has 2 N–H and O–H groups in total. The third-order valence-corrected chi connectivity index (χ3v) is 4.10. The van der Waals surface area contributed by atoms with Gasteiger partial charge in [0.1, 0.15) is 0 Å². The zero-order valence-electron chi connectivity index (χ0n) is 16.6. The summed E-state index contributed by atoms with van der Waals surface area (Å²) in [5.74, 6) is 0.795. The Morgan fingerprint density at radius 2 is 2.04 bits per heavy atom. The maximum atomic E-state index is 12.3. The molecule has 27 heavy (non-hydrogen) atoms. The number of rotatable bonds is 8. The van der Waals surface area contributed by atoms with E-state index in [4.69, 9.17) is 0 Å². The Balaban J connectivity index is 0.00000676. The molecule has 1 rings (SSSR count). The lowest BCUT2D eigenvalue weighted by molar-refractivity contribution is -0.143. The molecular weight excluding hydrogens is 474 g/mol. The number of nitrogens with one attached hydrogen (secondary N) is 2. The second-order valence-electron chi connectivity index (χ2n) is 7.04. The Kier molecular flexibility index (Phi) is 12.3. The van der Waals surface area contributed by atoms with Gasteiger partial charge in [0.2, 0.25) is 5.91 Å². The lowest BCUT2D eigenvalue weighted by atomic mass is 10.2. The molecule has 1 heterocycles. The molecule has 0 bridgehead atoms. The average molecular weight is 507 g/mol. The molecular formula is C17H33F3IN5O. The Morgan fingerprint density at radius 1 is 1.37 bits per heavy atom. The summed E-state index contributed by atoms with van der Waals surface area (Å²) in [5.41, 5.74) is 0. The van der Waals surface area contributed by atoms with Gasteiger partial charge in [-0.15, -0.1) is 24.0 Å². The van der Waals surface area contributed by atoms with Gasteiger partial charge in [-0.25, -0.2) is 0 Å². The van der Waals surface area contributed by atoms with Crippen molar-refractivity contribution in [1.82, 2.24) is 20.4 Å². The van der Waals surface area contributed by atoms with Gasteiger partial charge in [0.15, 0.2) is 5.96 Å². The molecule has 1 aliphatic rings. The second kappa shape index (κ2) is 12.6. The molecule has 1 fully saturated rings. The number of carbonyl (C=O) groups is 1. The van der Waals surface area contributed by atoms with Crippen LogP contribution in [0.15, 0.2) is 4.99 Å². The molecule has 1 aliphatic heterocycles. The van der Waals surface area contributed by atoms with Crippen LogP contribution in [0.1, 0.15) is 33.6 Å². The smallest absolute Gasteiger partial charge is 0.357 e. The molecule has 1 amide bonds. The number of guanidine groups is 1. The minimum absolute atomic E-state index is 0. The summed E-state index contributed by atoms with van der Waals surface area (Å²) in [7, 11) is 1.46. The first-order valence-corrected chi connectivity index (χ1v) is 9.21. The fraction of sp³-hybridized carbons (Fsp3) is 0.882. The van der Waals surface area contributed by atoms with E-state index in [2.05, 4.69) is 15.6 Å². The van der Waals surface area contributed by atoms with Gasteiger partial charge in [0.05, 0.1) is 6.54 Å². The molecule has 0 aromatic heterocycles. The fourth-order valence-electron chi connectivity index (χ4n) is 2.87. The molecule has 0 spiro atoms. The summed E-state index contributed by atoms with van der Waals surface area (Å²) in [6, 6.07) is 0.142. The van der Waals surface area contributed by atoms with E-state index < -0.39 is 12.7 Å². The number of hydrogen-bond donors (Lipinski definition) is 2. The minimum atomic E-state index is -4.17. The summed E-state index contributed by atoms with van der Waals surface area (Å²) in [5, 5.41) is 6.46. The normalized spacial score (nSPS) is 18.0. The zero-order valence-corrected chi connectivity index (χ0v) is 18.9. The number of nitrogens with zero attached hydrogens (tertiary/aromatic N) is 3. The van der Waals surface area contributed by atoms with Crippen molar-refractivity contribution in [3.05, 3.63) is 0 Å². The average Bonchev–Trinajstić information content (AvgIpc) is 2.97. The second-order valence-corrected chi connectivity index (χ2v) is 7.04. The van der Waals surface area contributed by atoms with Crippen LogP contribution in [-0.2, 0) is 4.79 Å². The molecule has 160 valence electrons. The topological polar surface area (TPSA) is 60.0 Å². The molecule has 6 nitrogen and oxygen atoms in total. The highest BCUT2D eigenvalue weighted by atomic mass is 127. The standard InChI is InChI=1S/C17H32F3N5O.HI/c1-5-21-16(22-8-6-9-24(4)12-17(18,19)20)23-14-7-10-25(11-14)15(26)13(2)3;/h13-14H,5-12H2,1-4H3,(H2,21,22,23);1H. The van der Waals surface area contributed by atoms with Crippen molar-refractivity contribution in [2.75, 3.05) is 46.3 Å². The van der Waals surface area contributed by atoms with E-state index >= 15 is 0 Å². The monoisotopic (exact) mass is 507 g/mol. The van der Waals surface area contributed by atoms with Crippen LogP contribution in [0.2, 0.25) is 0 Å². The molecule has 10 heteroatoms. The molecule has 1 unspecified atom stereocenters. The van der Waals surface area contributed by atoms with Crippen LogP contribution in [0.3, 0.4) is 0 Å². The molecule has 0 aromatic rings. The molecule has 0 aromatic carbocycles. The summed E-state index contributed by atoms with van der Waals surface area (Å²) < 4.78 is 36.9. The molecule has 0 aliphatic carbocycles. The lowest BCUT2D eigenvalue weighted by Crippen LogP contribution is -2.45. The van der Waals surface area contributed by atoms with E-state index in [1.54, 1.807) is 0 Å². The third-order valence-electron chi connectivity index (χ3n) is 4.10. The molecule has 0 radical (unpaired) electrons. The summed E-state index contributed by atoms with van der Waals surface area (Å²) in [4.78, 5) is 19.6. The lowest BCUT2D eigenvalue weighted by Gasteiger charge is -2.20. The van der Waals surface area contributed by atoms with Crippen molar-refractivity contribution < 1.29 is 18.0 Å². The summed E-state index contributed by atoms with van der Waals surface area (Å²) >= 11 is 0.